The van der Waals surface area contributed by atoms with Crippen molar-refractivity contribution >= 4 is 23.8 Å². The van der Waals surface area contributed by atoms with Gasteiger partial charge in [-0.1, -0.05) is 11.6 Å². The number of rotatable bonds is 1. The van der Waals surface area contributed by atoms with E-state index in [0.717, 1.165) is 0 Å². The molecule has 0 atom stereocenters. The maximum Gasteiger partial charge on any atom is 0.252 e. The van der Waals surface area contributed by atoms with Crippen molar-refractivity contribution in [3.8, 4) is 11.3 Å². The maximum atomic E-state index is 12.8. The summed E-state index contributed by atoms with van der Waals surface area (Å²) in [5.74, 6) is -0.433. The fraction of sp³-hybridized carbons (Fsp3) is 0. The van der Waals surface area contributed by atoms with E-state index in [4.69, 9.17) is 23.8 Å². The van der Waals surface area contributed by atoms with Crippen LogP contribution in [0, 0.1) is 10.6 Å². The van der Waals surface area contributed by atoms with Crippen molar-refractivity contribution < 1.29 is 4.39 Å². The molecular formula is C10H6ClFN2OS. The molecule has 0 saturated carbocycles. The molecule has 0 aliphatic carbocycles. The number of aromatic nitrogens is 2. The molecule has 0 amide bonds. The van der Waals surface area contributed by atoms with E-state index in [1.807, 2.05) is 0 Å². The van der Waals surface area contributed by atoms with Crippen LogP contribution in [0.2, 0.25) is 5.02 Å². The van der Waals surface area contributed by atoms with Crippen LogP contribution in [0.1, 0.15) is 0 Å². The van der Waals surface area contributed by atoms with Gasteiger partial charge in [-0.2, -0.15) is 0 Å². The second kappa shape index (κ2) is 4.19. The standard InChI is InChI=1S/C10H6ClFN2OS/c11-7-3-5(12)1-2-6(7)8-4-9(15)14-10(16)13-8/h1-4H,(H2,13,14,15,16). The number of hydrogen-bond acceptors (Lipinski definition) is 2. The molecule has 0 bridgehead atoms. The number of hydrogen-bond donors (Lipinski definition) is 2. The van der Waals surface area contributed by atoms with Crippen LogP contribution >= 0.6 is 23.8 Å². The van der Waals surface area contributed by atoms with E-state index in [-0.39, 0.29) is 15.4 Å². The van der Waals surface area contributed by atoms with Gasteiger partial charge in [0.15, 0.2) is 4.77 Å². The Labute approximate surface area is 99.9 Å². The van der Waals surface area contributed by atoms with Gasteiger partial charge in [0.25, 0.3) is 5.56 Å². The smallest absolute Gasteiger partial charge is 0.252 e. The Bertz CT molecular complexity index is 622. The predicted octanol–water partition coefficient (Wildman–Crippen LogP) is 2.89. The largest absolute Gasteiger partial charge is 0.332 e. The zero-order valence-electron chi connectivity index (χ0n) is 7.88. The summed E-state index contributed by atoms with van der Waals surface area (Å²) in [5.41, 5.74) is 0.651. The van der Waals surface area contributed by atoms with Crippen LogP contribution in [0.3, 0.4) is 0 Å². The Hall–Kier alpha value is -1.46. The summed E-state index contributed by atoms with van der Waals surface area (Å²) >= 11 is 10.7. The van der Waals surface area contributed by atoms with E-state index in [1.54, 1.807) is 0 Å². The highest BCUT2D eigenvalue weighted by Gasteiger charge is 2.05. The van der Waals surface area contributed by atoms with Crippen LogP contribution in [0.4, 0.5) is 4.39 Å². The average molecular weight is 257 g/mol. The Morgan fingerprint density at radius 2 is 2.00 bits per heavy atom. The molecule has 2 N–H and O–H groups in total. The second-order valence-electron chi connectivity index (χ2n) is 3.13. The fourth-order valence-electron chi connectivity index (χ4n) is 1.32. The van der Waals surface area contributed by atoms with Crippen molar-refractivity contribution in [3.63, 3.8) is 0 Å². The zero-order valence-corrected chi connectivity index (χ0v) is 9.45. The summed E-state index contributed by atoms with van der Waals surface area (Å²) in [4.78, 5) is 16.4. The minimum atomic E-state index is -0.433. The van der Waals surface area contributed by atoms with Crippen LogP contribution in [-0.2, 0) is 0 Å². The van der Waals surface area contributed by atoms with Crippen molar-refractivity contribution in [2.45, 2.75) is 0 Å². The summed E-state index contributed by atoms with van der Waals surface area (Å²) in [6.07, 6.45) is 0. The molecule has 82 valence electrons. The zero-order chi connectivity index (χ0) is 11.7. The summed E-state index contributed by atoms with van der Waals surface area (Å²) < 4.78 is 13.0. The monoisotopic (exact) mass is 256 g/mol. The van der Waals surface area contributed by atoms with Gasteiger partial charge in [0, 0.05) is 11.6 Å². The van der Waals surface area contributed by atoms with Crippen LogP contribution in [-0.4, -0.2) is 9.97 Å². The first-order chi connectivity index (χ1) is 7.56. The Balaban J connectivity index is 2.67. The average Bonchev–Trinajstić information content (AvgIpc) is 2.15. The van der Waals surface area contributed by atoms with Gasteiger partial charge >= 0.3 is 0 Å². The van der Waals surface area contributed by atoms with Crippen LogP contribution in [0.25, 0.3) is 11.3 Å². The Morgan fingerprint density at radius 1 is 1.25 bits per heavy atom. The summed E-state index contributed by atoms with van der Waals surface area (Å²) in [6, 6.07) is 5.24. The minimum absolute atomic E-state index is 0.197. The molecule has 0 saturated heterocycles. The molecule has 16 heavy (non-hydrogen) atoms. The SMILES string of the molecule is O=c1cc(-c2ccc(F)cc2Cl)[nH]c(=S)[nH]1. The van der Waals surface area contributed by atoms with E-state index in [2.05, 4.69) is 9.97 Å². The first kappa shape index (κ1) is 11.0. The highest BCUT2D eigenvalue weighted by Crippen LogP contribution is 2.25. The molecule has 0 spiro atoms. The molecule has 0 aliphatic rings. The first-order valence-electron chi connectivity index (χ1n) is 4.35. The molecule has 1 aromatic carbocycles. The maximum absolute atomic E-state index is 12.8. The van der Waals surface area contributed by atoms with Gasteiger partial charge in [-0.05, 0) is 30.4 Å². The molecule has 0 fully saturated rings. The van der Waals surface area contributed by atoms with Gasteiger partial charge in [0.2, 0.25) is 0 Å². The van der Waals surface area contributed by atoms with E-state index in [0.29, 0.717) is 11.3 Å². The number of aromatic amines is 2. The van der Waals surface area contributed by atoms with Crippen molar-refractivity contribution in [3.05, 3.63) is 50.2 Å². The van der Waals surface area contributed by atoms with E-state index >= 15 is 0 Å². The van der Waals surface area contributed by atoms with Crippen LogP contribution < -0.4 is 5.56 Å². The Morgan fingerprint density at radius 3 is 2.62 bits per heavy atom. The Kier molecular flexibility index (Phi) is 2.89. The van der Waals surface area contributed by atoms with Gasteiger partial charge in [-0.15, -0.1) is 0 Å². The summed E-state index contributed by atoms with van der Waals surface area (Å²) in [7, 11) is 0. The van der Waals surface area contributed by atoms with Gasteiger partial charge in [0.05, 0.1) is 10.7 Å². The van der Waals surface area contributed by atoms with Gasteiger partial charge in [-0.3, -0.25) is 9.78 Å². The molecule has 6 heteroatoms. The summed E-state index contributed by atoms with van der Waals surface area (Å²) in [5, 5.41) is 0.219. The normalized spacial score (nSPS) is 10.4. The number of nitrogens with one attached hydrogen (secondary N) is 2. The third-order valence-electron chi connectivity index (χ3n) is 1.98. The molecule has 0 aliphatic heterocycles. The van der Waals surface area contributed by atoms with E-state index in [9.17, 15) is 9.18 Å². The summed E-state index contributed by atoms with van der Waals surface area (Å²) in [6.45, 7) is 0. The highest BCUT2D eigenvalue weighted by atomic mass is 35.5. The lowest BCUT2D eigenvalue weighted by Crippen LogP contribution is -2.06. The molecule has 2 aromatic rings. The van der Waals surface area contributed by atoms with Gasteiger partial charge < -0.3 is 4.98 Å². The van der Waals surface area contributed by atoms with E-state index in [1.165, 1.54) is 24.3 Å². The van der Waals surface area contributed by atoms with Crippen molar-refractivity contribution in [2.24, 2.45) is 0 Å². The van der Waals surface area contributed by atoms with Crippen molar-refractivity contribution in [2.75, 3.05) is 0 Å². The first-order valence-corrected chi connectivity index (χ1v) is 5.14. The second-order valence-corrected chi connectivity index (χ2v) is 3.94. The quantitative estimate of drug-likeness (QED) is 0.771. The van der Waals surface area contributed by atoms with Crippen molar-refractivity contribution in [1.82, 2.24) is 9.97 Å². The van der Waals surface area contributed by atoms with Crippen LogP contribution in [0.15, 0.2) is 29.1 Å². The van der Waals surface area contributed by atoms with Gasteiger partial charge in [-0.25, -0.2) is 4.39 Å². The number of benzene rings is 1. The molecule has 0 unspecified atom stereocenters. The molecule has 1 heterocycles. The lowest BCUT2D eigenvalue weighted by atomic mass is 10.1. The fourth-order valence-corrected chi connectivity index (χ4v) is 1.80. The van der Waals surface area contributed by atoms with Gasteiger partial charge in [0.1, 0.15) is 5.82 Å². The molecule has 2 rings (SSSR count). The lowest BCUT2D eigenvalue weighted by Gasteiger charge is -2.03. The third-order valence-corrected chi connectivity index (χ3v) is 2.50. The molecule has 0 radical (unpaired) electrons. The van der Waals surface area contributed by atoms with Crippen LogP contribution in [0.5, 0.6) is 0 Å². The minimum Gasteiger partial charge on any atom is -0.332 e. The third kappa shape index (κ3) is 2.20. The molecular weight excluding hydrogens is 251 g/mol. The van der Waals surface area contributed by atoms with E-state index < -0.39 is 5.82 Å². The van der Waals surface area contributed by atoms with Crippen molar-refractivity contribution in [1.29, 1.82) is 0 Å². The predicted molar refractivity (Wildman–Crippen MR) is 62.7 cm³/mol. The lowest BCUT2D eigenvalue weighted by molar-refractivity contribution is 0.628. The molecule has 3 nitrogen and oxygen atoms in total. The number of halogens is 2. The molecule has 1 aromatic heterocycles. The highest BCUT2D eigenvalue weighted by molar-refractivity contribution is 7.71. The topological polar surface area (TPSA) is 48.6 Å². The number of H-pyrrole nitrogens is 2.